The fourth-order valence-corrected chi connectivity index (χ4v) is 2.81. The molecule has 0 amide bonds. The predicted molar refractivity (Wildman–Crippen MR) is 108 cm³/mol. The van der Waals surface area contributed by atoms with Crippen LogP contribution in [0.4, 0.5) is 5.69 Å². The molecule has 1 heterocycles. The van der Waals surface area contributed by atoms with E-state index >= 15 is 0 Å². The zero-order chi connectivity index (χ0) is 18.6. The molecule has 4 aromatic rings. The Morgan fingerprint density at radius 3 is 2.41 bits per heavy atom. The van der Waals surface area contributed by atoms with E-state index in [4.69, 9.17) is 0 Å². The average Bonchev–Trinajstić information content (AvgIpc) is 3.14. The number of benzene rings is 3. The van der Waals surface area contributed by atoms with Gasteiger partial charge in [0, 0.05) is 5.56 Å². The van der Waals surface area contributed by atoms with Crippen molar-refractivity contribution in [3.05, 3.63) is 96.3 Å². The number of fused-ring (bicyclic) bond motifs is 1. The lowest BCUT2D eigenvalue weighted by Gasteiger charge is -2.09. The number of carbonyl (C=O) groups is 1. The van der Waals surface area contributed by atoms with E-state index in [1.54, 1.807) is 23.0 Å². The van der Waals surface area contributed by atoms with Crippen LogP contribution in [0.15, 0.2) is 90.3 Å². The number of imidazole rings is 1. The van der Waals surface area contributed by atoms with E-state index in [-0.39, 0.29) is 11.6 Å². The number of para-hydroxylation sites is 2. The second-order valence-corrected chi connectivity index (χ2v) is 6.21. The van der Waals surface area contributed by atoms with Gasteiger partial charge in [0.1, 0.15) is 6.33 Å². The minimum Gasteiger partial charge on any atom is -0.285 e. The molecule has 0 radical (unpaired) electrons. The van der Waals surface area contributed by atoms with Crippen molar-refractivity contribution in [1.82, 2.24) is 9.55 Å². The maximum Gasteiger partial charge on any atom is 0.230 e. The number of anilines is 1. The maximum absolute atomic E-state index is 13.1. The van der Waals surface area contributed by atoms with E-state index in [1.165, 1.54) is 0 Å². The summed E-state index contributed by atoms with van der Waals surface area (Å²) in [5, 5.41) is 4.43. The third kappa shape index (κ3) is 3.48. The summed E-state index contributed by atoms with van der Waals surface area (Å²) in [4.78, 5) is 17.5. The van der Waals surface area contributed by atoms with Crippen LogP contribution in [0.1, 0.15) is 15.9 Å². The molecule has 3 aromatic carbocycles. The fraction of sp³-hybridized carbons (Fsp3) is 0.0455. The first-order chi connectivity index (χ1) is 13.2. The summed E-state index contributed by atoms with van der Waals surface area (Å²) >= 11 is 0. The minimum absolute atomic E-state index is 0.182. The van der Waals surface area contributed by atoms with Crippen LogP contribution in [-0.2, 0) is 0 Å². The van der Waals surface area contributed by atoms with Gasteiger partial charge in [0.2, 0.25) is 11.6 Å². The van der Waals surface area contributed by atoms with Crippen LogP contribution >= 0.6 is 0 Å². The number of nitrogens with zero attached hydrogens (tertiary/aromatic N) is 3. The molecule has 132 valence electrons. The molecule has 0 spiro atoms. The number of aryl methyl sites for hydroxylation is 1. The van der Waals surface area contributed by atoms with E-state index in [9.17, 15) is 4.79 Å². The lowest BCUT2D eigenvalue weighted by molar-refractivity contribution is 0.106. The summed E-state index contributed by atoms with van der Waals surface area (Å²) in [6, 6.07) is 24.6. The van der Waals surface area contributed by atoms with E-state index < -0.39 is 0 Å². The Hall–Kier alpha value is -3.73. The van der Waals surface area contributed by atoms with Crippen LogP contribution in [0.25, 0.3) is 11.0 Å². The van der Waals surface area contributed by atoms with Crippen molar-refractivity contribution in [3.8, 4) is 0 Å². The maximum atomic E-state index is 13.1. The topological polar surface area (TPSA) is 59.3 Å². The van der Waals surface area contributed by atoms with Crippen molar-refractivity contribution < 1.29 is 4.79 Å². The highest BCUT2D eigenvalue weighted by atomic mass is 16.1. The van der Waals surface area contributed by atoms with Gasteiger partial charge in [-0.2, -0.15) is 5.10 Å². The highest BCUT2D eigenvalue weighted by Crippen LogP contribution is 2.15. The summed E-state index contributed by atoms with van der Waals surface area (Å²) in [6.07, 6.45) is 1.63. The van der Waals surface area contributed by atoms with Crippen LogP contribution in [-0.4, -0.2) is 21.2 Å². The smallest absolute Gasteiger partial charge is 0.230 e. The highest BCUT2D eigenvalue weighted by molar-refractivity contribution is 6.46. The zero-order valence-electron chi connectivity index (χ0n) is 14.8. The van der Waals surface area contributed by atoms with Gasteiger partial charge in [-0.25, -0.2) is 4.98 Å². The molecule has 0 saturated heterocycles. The van der Waals surface area contributed by atoms with E-state index in [2.05, 4.69) is 15.5 Å². The van der Waals surface area contributed by atoms with Crippen molar-refractivity contribution in [2.24, 2.45) is 5.10 Å². The fourth-order valence-electron chi connectivity index (χ4n) is 2.81. The van der Waals surface area contributed by atoms with Crippen LogP contribution in [0, 0.1) is 6.92 Å². The normalized spacial score (nSPS) is 11.5. The number of ketones is 1. The van der Waals surface area contributed by atoms with Crippen molar-refractivity contribution >= 4 is 28.3 Å². The molecule has 0 aliphatic heterocycles. The van der Waals surface area contributed by atoms with Gasteiger partial charge in [-0.1, -0.05) is 60.2 Å². The third-order valence-electron chi connectivity index (χ3n) is 4.26. The second kappa shape index (κ2) is 7.25. The highest BCUT2D eigenvalue weighted by Gasteiger charge is 2.18. The number of hydrogen-bond acceptors (Lipinski definition) is 4. The Morgan fingerprint density at radius 2 is 1.63 bits per heavy atom. The Bertz CT molecular complexity index is 1110. The number of rotatable bonds is 4. The number of hydrogen-bond donors (Lipinski definition) is 1. The van der Waals surface area contributed by atoms with Crippen LogP contribution in [0.2, 0.25) is 0 Å². The van der Waals surface area contributed by atoms with Gasteiger partial charge in [-0.3, -0.25) is 14.8 Å². The van der Waals surface area contributed by atoms with E-state index in [1.807, 2.05) is 73.7 Å². The molecule has 0 aliphatic rings. The van der Waals surface area contributed by atoms with Gasteiger partial charge in [-0.05, 0) is 31.2 Å². The van der Waals surface area contributed by atoms with Crippen molar-refractivity contribution in [1.29, 1.82) is 0 Å². The molecule has 0 bridgehead atoms. The Balaban J connectivity index is 1.78. The molecule has 0 fully saturated rings. The van der Waals surface area contributed by atoms with Crippen LogP contribution in [0.5, 0.6) is 0 Å². The number of aromatic nitrogens is 2. The summed E-state index contributed by atoms with van der Waals surface area (Å²) < 4.78 is 1.71. The van der Waals surface area contributed by atoms with Crippen molar-refractivity contribution in [2.45, 2.75) is 6.92 Å². The lowest BCUT2D eigenvalue weighted by atomic mass is 10.1. The number of nitrogens with one attached hydrogen (secondary N) is 1. The first-order valence-electron chi connectivity index (χ1n) is 8.65. The van der Waals surface area contributed by atoms with E-state index in [0.29, 0.717) is 5.56 Å². The minimum atomic E-state index is -0.182. The van der Waals surface area contributed by atoms with Gasteiger partial charge >= 0.3 is 0 Å². The molecule has 1 N–H and O–H groups in total. The molecular weight excluding hydrogens is 336 g/mol. The molecule has 5 heteroatoms. The largest absolute Gasteiger partial charge is 0.285 e. The lowest BCUT2D eigenvalue weighted by Crippen LogP contribution is -2.24. The molecule has 0 saturated carbocycles. The zero-order valence-corrected chi connectivity index (χ0v) is 14.8. The van der Waals surface area contributed by atoms with Crippen molar-refractivity contribution in [3.63, 3.8) is 0 Å². The van der Waals surface area contributed by atoms with Gasteiger partial charge in [0.15, 0.2) is 0 Å². The van der Waals surface area contributed by atoms with Gasteiger partial charge in [-0.15, -0.1) is 0 Å². The molecule has 4 rings (SSSR count). The molecule has 0 unspecified atom stereocenters. The summed E-state index contributed by atoms with van der Waals surface area (Å²) in [5.41, 5.74) is 7.16. The average molecular weight is 354 g/mol. The second-order valence-electron chi connectivity index (χ2n) is 6.21. The number of Topliss-reactive ketones (excluding diaryl/α,β-unsaturated/α-hetero) is 1. The van der Waals surface area contributed by atoms with Crippen LogP contribution < -0.4 is 5.43 Å². The van der Waals surface area contributed by atoms with E-state index in [0.717, 1.165) is 22.3 Å². The SMILES string of the molecule is Cc1ccc(N/N=C(\C(=O)c2ccccc2)n2cnc3ccccc32)cc1. The summed E-state index contributed by atoms with van der Waals surface area (Å²) in [7, 11) is 0. The molecule has 0 atom stereocenters. The molecule has 1 aromatic heterocycles. The Labute approximate surface area is 157 Å². The Kier molecular flexibility index (Phi) is 4.49. The third-order valence-corrected chi connectivity index (χ3v) is 4.26. The standard InChI is InChI=1S/C22H18N4O/c1-16-11-13-18(14-12-16)24-25-22(21(27)17-7-3-2-4-8-17)26-15-23-19-9-5-6-10-20(19)26/h2-15,24H,1H3/b25-22+. The van der Waals surface area contributed by atoms with Crippen LogP contribution in [0.3, 0.4) is 0 Å². The molecular formula is C22H18N4O. The molecule has 0 aliphatic carbocycles. The van der Waals surface area contributed by atoms with Crippen molar-refractivity contribution in [2.75, 3.05) is 5.43 Å². The monoisotopic (exact) mass is 354 g/mol. The first-order valence-corrected chi connectivity index (χ1v) is 8.65. The Morgan fingerprint density at radius 1 is 0.926 bits per heavy atom. The first kappa shape index (κ1) is 16.7. The van der Waals surface area contributed by atoms with Gasteiger partial charge in [0.05, 0.1) is 16.7 Å². The van der Waals surface area contributed by atoms with Gasteiger partial charge < -0.3 is 0 Å². The number of carbonyl (C=O) groups excluding carboxylic acids is 1. The van der Waals surface area contributed by atoms with Gasteiger partial charge in [0.25, 0.3) is 0 Å². The number of hydrazone groups is 1. The quantitative estimate of drug-likeness (QED) is 0.254. The summed E-state index contributed by atoms with van der Waals surface area (Å²) in [5.74, 6) is 0.0776. The molecule has 5 nitrogen and oxygen atoms in total. The predicted octanol–water partition coefficient (Wildman–Crippen LogP) is 4.50. The molecule has 27 heavy (non-hydrogen) atoms. The summed E-state index contributed by atoms with van der Waals surface area (Å²) in [6.45, 7) is 2.02.